The molecule has 0 spiro atoms. The Hall–Kier alpha value is -2.04. The van der Waals surface area contributed by atoms with E-state index in [-0.39, 0.29) is 11.8 Å². The summed E-state index contributed by atoms with van der Waals surface area (Å²) in [7, 11) is 0. The van der Waals surface area contributed by atoms with Gasteiger partial charge < -0.3 is 16.0 Å². The molecule has 2 rings (SSSR count). The number of rotatable bonds is 5. The smallest absolute Gasteiger partial charge is 0.251 e. The number of anilines is 1. The molecule has 0 bridgehead atoms. The zero-order valence-electron chi connectivity index (χ0n) is 12.0. The summed E-state index contributed by atoms with van der Waals surface area (Å²) in [6.07, 6.45) is 1.87. The Kier molecular flexibility index (Phi) is 4.61. The van der Waals surface area contributed by atoms with Gasteiger partial charge in [-0.2, -0.15) is 0 Å². The standard InChI is InChI=1S/C15H21N3O2/c1-3-7-17-14(19)10(2)18-15(20)12-5-4-11-6-8-16-13(11)9-12/h4-5,9-10,16H,3,6-8H2,1-2H3,(H,17,19)(H,18,20). The summed E-state index contributed by atoms with van der Waals surface area (Å²) in [4.78, 5) is 23.8. The lowest BCUT2D eigenvalue weighted by molar-refractivity contribution is -0.122. The van der Waals surface area contributed by atoms with Gasteiger partial charge in [0.2, 0.25) is 5.91 Å². The molecule has 20 heavy (non-hydrogen) atoms. The van der Waals surface area contributed by atoms with Crippen LogP contribution in [-0.2, 0) is 11.2 Å². The van der Waals surface area contributed by atoms with Gasteiger partial charge in [-0.05, 0) is 37.5 Å². The lowest BCUT2D eigenvalue weighted by Gasteiger charge is -2.14. The van der Waals surface area contributed by atoms with E-state index in [1.807, 2.05) is 19.1 Å². The molecule has 1 aromatic rings. The van der Waals surface area contributed by atoms with E-state index < -0.39 is 6.04 Å². The molecule has 0 saturated heterocycles. The van der Waals surface area contributed by atoms with Crippen molar-refractivity contribution in [3.63, 3.8) is 0 Å². The third-order valence-corrected chi connectivity index (χ3v) is 3.37. The van der Waals surface area contributed by atoms with Gasteiger partial charge in [0.25, 0.3) is 5.91 Å². The van der Waals surface area contributed by atoms with Crippen LogP contribution in [0.15, 0.2) is 18.2 Å². The number of amides is 2. The second-order valence-electron chi connectivity index (χ2n) is 5.03. The molecule has 5 heteroatoms. The Bertz CT molecular complexity index is 514. The van der Waals surface area contributed by atoms with Crippen molar-refractivity contribution in [2.75, 3.05) is 18.4 Å². The minimum absolute atomic E-state index is 0.153. The fourth-order valence-electron chi connectivity index (χ4n) is 2.18. The van der Waals surface area contributed by atoms with Gasteiger partial charge in [-0.15, -0.1) is 0 Å². The molecule has 0 aliphatic carbocycles. The van der Waals surface area contributed by atoms with Crippen LogP contribution in [0.25, 0.3) is 0 Å². The summed E-state index contributed by atoms with van der Waals surface area (Å²) in [6.45, 7) is 5.22. The van der Waals surface area contributed by atoms with Gasteiger partial charge in [-0.1, -0.05) is 13.0 Å². The van der Waals surface area contributed by atoms with Crippen molar-refractivity contribution < 1.29 is 9.59 Å². The summed E-state index contributed by atoms with van der Waals surface area (Å²) in [5, 5.41) is 8.72. The third-order valence-electron chi connectivity index (χ3n) is 3.37. The first kappa shape index (κ1) is 14.4. The van der Waals surface area contributed by atoms with E-state index in [0.29, 0.717) is 12.1 Å². The average molecular weight is 275 g/mol. The van der Waals surface area contributed by atoms with Crippen LogP contribution in [-0.4, -0.2) is 30.9 Å². The maximum absolute atomic E-state index is 12.1. The first-order valence-corrected chi connectivity index (χ1v) is 7.07. The van der Waals surface area contributed by atoms with E-state index in [9.17, 15) is 9.59 Å². The Morgan fingerprint density at radius 1 is 1.40 bits per heavy atom. The predicted octanol–water partition coefficient (Wildman–Crippen LogP) is 1.30. The van der Waals surface area contributed by atoms with E-state index in [0.717, 1.165) is 25.1 Å². The molecular weight excluding hydrogens is 254 g/mol. The molecule has 3 N–H and O–H groups in total. The molecule has 1 aliphatic rings. The highest BCUT2D eigenvalue weighted by Crippen LogP contribution is 2.23. The van der Waals surface area contributed by atoms with Gasteiger partial charge >= 0.3 is 0 Å². The van der Waals surface area contributed by atoms with Crippen molar-refractivity contribution in [2.24, 2.45) is 0 Å². The highest BCUT2D eigenvalue weighted by molar-refractivity contribution is 5.98. The van der Waals surface area contributed by atoms with Crippen LogP contribution in [0.5, 0.6) is 0 Å². The monoisotopic (exact) mass is 275 g/mol. The minimum atomic E-state index is -0.532. The predicted molar refractivity (Wildman–Crippen MR) is 78.9 cm³/mol. The SMILES string of the molecule is CCCNC(=O)C(C)NC(=O)c1ccc2c(c1)NCC2. The van der Waals surface area contributed by atoms with Crippen molar-refractivity contribution in [1.29, 1.82) is 0 Å². The highest BCUT2D eigenvalue weighted by atomic mass is 16.2. The van der Waals surface area contributed by atoms with Gasteiger partial charge in [0.1, 0.15) is 6.04 Å². The fraction of sp³-hybridized carbons (Fsp3) is 0.467. The largest absolute Gasteiger partial charge is 0.384 e. The summed E-state index contributed by atoms with van der Waals surface area (Å²) < 4.78 is 0. The number of benzene rings is 1. The van der Waals surface area contributed by atoms with E-state index in [1.165, 1.54) is 5.56 Å². The summed E-state index contributed by atoms with van der Waals surface area (Å²) >= 11 is 0. The number of carbonyl (C=O) groups excluding carboxylic acids is 2. The molecule has 1 aromatic carbocycles. The minimum Gasteiger partial charge on any atom is -0.384 e. The maximum atomic E-state index is 12.1. The van der Waals surface area contributed by atoms with Crippen molar-refractivity contribution in [2.45, 2.75) is 32.7 Å². The average Bonchev–Trinajstić information content (AvgIpc) is 2.91. The number of fused-ring (bicyclic) bond motifs is 1. The second kappa shape index (κ2) is 6.41. The van der Waals surface area contributed by atoms with E-state index in [4.69, 9.17) is 0 Å². The van der Waals surface area contributed by atoms with Crippen LogP contribution >= 0.6 is 0 Å². The van der Waals surface area contributed by atoms with Crippen LogP contribution in [0.2, 0.25) is 0 Å². The van der Waals surface area contributed by atoms with E-state index >= 15 is 0 Å². The normalized spacial score (nSPS) is 14.1. The number of nitrogens with one attached hydrogen (secondary N) is 3. The Labute approximate surface area is 119 Å². The van der Waals surface area contributed by atoms with Gasteiger partial charge in [-0.25, -0.2) is 0 Å². The number of hydrogen-bond acceptors (Lipinski definition) is 3. The fourth-order valence-corrected chi connectivity index (χ4v) is 2.18. The Morgan fingerprint density at radius 2 is 2.20 bits per heavy atom. The molecule has 1 aliphatic heterocycles. The molecule has 108 valence electrons. The quantitative estimate of drug-likeness (QED) is 0.758. The molecule has 1 unspecified atom stereocenters. The molecule has 1 atom stereocenters. The summed E-state index contributed by atoms with van der Waals surface area (Å²) in [6, 6.07) is 5.08. The molecule has 2 amide bonds. The molecule has 1 heterocycles. The van der Waals surface area contributed by atoms with E-state index in [1.54, 1.807) is 13.0 Å². The van der Waals surface area contributed by atoms with Crippen molar-refractivity contribution in [1.82, 2.24) is 10.6 Å². The molecule has 0 fully saturated rings. The van der Waals surface area contributed by atoms with E-state index in [2.05, 4.69) is 16.0 Å². The van der Waals surface area contributed by atoms with Gasteiger partial charge in [0.15, 0.2) is 0 Å². The van der Waals surface area contributed by atoms with Crippen molar-refractivity contribution in [3.05, 3.63) is 29.3 Å². The lowest BCUT2D eigenvalue weighted by Crippen LogP contribution is -2.45. The topological polar surface area (TPSA) is 70.2 Å². The Morgan fingerprint density at radius 3 is 2.95 bits per heavy atom. The summed E-state index contributed by atoms with van der Waals surface area (Å²) in [5.41, 5.74) is 2.82. The zero-order chi connectivity index (χ0) is 14.5. The zero-order valence-corrected chi connectivity index (χ0v) is 12.0. The van der Waals surface area contributed by atoms with Crippen LogP contribution in [0.1, 0.15) is 36.2 Å². The first-order valence-electron chi connectivity index (χ1n) is 7.07. The van der Waals surface area contributed by atoms with Crippen molar-refractivity contribution in [3.8, 4) is 0 Å². The Balaban J connectivity index is 1.96. The molecule has 5 nitrogen and oxygen atoms in total. The number of hydrogen-bond donors (Lipinski definition) is 3. The molecular formula is C15H21N3O2. The molecule has 0 radical (unpaired) electrons. The highest BCUT2D eigenvalue weighted by Gasteiger charge is 2.18. The van der Waals surface area contributed by atoms with Gasteiger partial charge in [0, 0.05) is 24.3 Å². The van der Waals surface area contributed by atoms with Crippen LogP contribution in [0.4, 0.5) is 5.69 Å². The first-order chi connectivity index (χ1) is 9.61. The van der Waals surface area contributed by atoms with Crippen LogP contribution in [0, 0.1) is 0 Å². The lowest BCUT2D eigenvalue weighted by atomic mass is 10.1. The third kappa shape index (κ3) is 3.29. The maximum Gasteiger partial charge on any atom is 0.251 e. The molecule has 0 aromatic heterocycles. The van der Waals surface area contributed by atoms with Gasteiger partial charge in [0.05, 0.1) is 0 Å². The van der Waals surface area contributed by atoms with Crippen LogP contribution in [0.3, 0.4) is 0 Å². The van der Waals surface area contributed by atoms with Gasteiger partial charge in [-0.3, -0.25) is 9.59 Å². The number of carbonyl (C=O) groups is 2. The van der Waals surface area contributed by atoms with Crippen molar-refractivity contribution >= 4 is 17.5 Å². The molecule has 0 saturated carbocycles. The van der Waals surface area contributed by atoms with Crippen LogP contribution < -0.4 is 16.0 Å². The second-order valence-corrected chi connectivity index (χ2v) is 5.03. The summed E-state index contributed by atoms with van der Waals surface area (Å²) in [5.74, 6) is -0.375.